The molecule has 41 heavy (non-hydrogen) atoms. The Morgan fingerprint density at radius 2 is 1.54 bits per heavy atom. The normalized spacial score (nSPS) is 14.0. The summed E-state index contributed by atoms with van der Waals surface area (Å²) in [7, 11) is 0. The van der Waals surface area contributed by atoms with Crippen molar-refractivity contribution in [3.63, 3.8) is 0 Å². The Hall–Kier alpha value is -3.71. The van der Waals surface area contributed by atoms with Crippen molar-refractivity contribution in [2.75, 3.05) is 31.2 Å². The number of hydrogen-bond donors (Lipinski definition) is 1. The second-order valence-electron chi connectivity index (χ2n) is 9.60. The van der Waals surface area contributed by atoms with E-state index in [1.807, 2.05) is 61.7 Å². The number of anilines is 1. The predicted octanol–water partition coefficient (Wildman–Crippen LogP) is 9.57. The number of aliphatic hydroxyl groups excluding tert-OH is 1. The molecule has 0 atom stereocenters. The SMILES string of the molecule is Cc1cc(/N=N/c2ccc(N3CCCC3)s2)ccc1/N=N/c1ccc(/N=N/c2nc(COCCCO)cs2)c(C)c1. The van der Waals surface area contributed by atoms with E-state index >= 15 is 0 Å². The minimum absolute atomic E-state index is 0.118. The molecule has 2 aromatic carbocycles. The van der Waals surface area contributed by atoms with Crippen molar-refractivity contribution in [3.8, 4) is 0 Å². The van der Waals surface area contributed by atoms with Crippen LogP contribution in [-0.2, 0) is 11.3 Å². The molecule has 0 aliphatic carbocycles. The molecule has 0 saturated carbocycles. The minimum atomic E-state index is 0.118. The van der Waals surface area contributed by atoms with Gasteiger partial charge in [-0.3, -0.25) is 0 Å². The highest BCUT2D eigenvalue weighted by Crippen LogP contribution is 2.35. The lowest BCUT2D eigenvalue weighted by atomic mass is 10.2. The van der Waals surface area contributed by atoms with Crippen LogP contribution in [0.5, 0.6) is 0 Å². The van der Waals surface area contributed by atoms with E-state index in [1.54, 1.807) is 11.3 Å². The van der Waals surface area contributed by atoms with Gasteiger partial charge in [-0.25, -0.2) is 4.98 Å². The molecule has 1 aliphatic heterocycles. The molecule has 0 radical (unpaired) electrons. The molecule has 0 bridgehead atoms. The summed E-state index contributed by atoms with van der Waals surface area (Å²) in [6.45, 7) is 7.21. The highest BCUT2D eigenvalue weighted by molar-refractivity contribution is 7.19. The summed E-state index contributed by atoms with van der Waals surface area (Å²) < 4.78 is 5.46. The molecule has 0 spiro atoms. The summed E-state index contributed by atoms with van der Waals surface area (Å²) in [5, 5.41) is 39.8. The van der Waals surface area contributed by atoms with Gasteiger partial charge >= 0.3 is 0 Å². The maximum atomic E-state index is 8.82. The lowest BCUT2D eigenvalue weighted by Gasteiger charge is -2.13. The molecule has 1 aliphatic rings. The smallest absolute Gasteiger partial charge is 0.230 e. The molecule has 10 nitrogen and oxygen atoms in total. The number of rotatable bonds is 12. The van der Waals surface area contributed by atoms with Gasteiger partial charge in [0.15, 0.2) is 0 Å². The third kappa shape index (κ3) is 8.17. The summed E-state index contributed by atoms with van der Waals surface area (Å²) >= 11 is 3.09. The van der Waals surface area contributed by atoms with Crippen LogP contribution in [0.3, 0.4) is 0 Å². The van der Waals surface area contributed by atoms with Gasteiger partial charge in [0.1, 0.15) is 5.00 Å². The maximum Gasteiger partial charge on any atom is 0.230 e. The molecule has 1 saturated heterocycles. The average Bonchev–Trinajstić information content (AvgIpc) is 3.76. The van der Waals surface area contributed by atoms with Crippen LogP contribution in [0.15, 0.2) is 84.6 Å². The lowest BCUT2D eigenvalue weighted by Crippen LogP contribution is -2.15. The van der Waals surface area contributed by atoms with Gasteiger partial charge in [0.25, 0.3) is 0 Å². The average molecular weight is 589 g/mol. The highest BCUT2D eigenvalue weighted by atomic mass is 32.1. The van der Waals surface area contributed by atoms with E-state index in [2.05, 4.69) is 46.6 Å². The van der Waals surface area contributed by atoms with Gasteiger partial charge in [0.2, 0.25) is 5.13 Å². The Labute approximate surface area is 247 Å². The van der Waals surface area contributed by atoms with Crippen molar-refractivity contribution < 1.29 is 9.84 Å². The van der Waals surface area contributed by atoms with Crippen molar-refractivity contribution >= 4 is 60.6 Å². The van der Waals surface area contributed by atoms with Gasteiger partial charge in [-0.05, 0) is 92.8 Å². The summed E-state index contributed by atoms with van der Waals surface area (Å²) in [5.74, 6) is 0. The zero-order valence-corrected chi connectivity index (χ0v) is 24.7. The van der Waals surface area contributed by atoms with Gasteiger partial charge < -0.3 is 14.7 Å². The summed E-state index contributed by atoms with van der Waals surface area (Å²) in [5.41, 5.74) is 5.73. The summed E-state index contributed by atoms with van der Waals surface area (Å²) in [6, 6.07) is 15.6. The van der Waals surface area contributed by atoms with Crippen LogP contribution in [0, 0.1) is 13.8 Å². The number of aromatic nitrogens is 1. The lowest BCUT2D eigenvalue weighted by molar-refractivity contribution is 0.102. The molecule has 4 aromatic rings. The molecule has 5 rings (SSSR count). The van der Waals surface area contributed by atoms with E-state index < -0.39 is 0 Å². The molecule has 12 heteroatoms. The second-order valence-corrected chi connectivity index (χ2v) is 11.5. The zero-order chi connectivity index (χ0) is 28.4. The van der Waals surface area contributed by atoms with Crippen molar-refractivity contribution in [2.24, 2.45) is 30.7 Å². The zero-order valence-electron chi connectivity index (χ0n) is 23.1. The second kappa shape index (κ2) is 14.3. The number of benzene rings is 2. The van der Waals surface area contributed by atoms with Crippen molar-refractivity contribution in [1.82, 2.24) is 4.98 Å². The minimum Gasteiger partial charge on any atom is -0.396 e. The fourth-order valence-corrected chi connectivity index (χ4v) is 5.67. The van der Waals surface area contributed by atoms with E-state index in [4.69, 9.17) is 9.84 Å². The number of azo groups is 3. The van der Waals surface area contributed by atoms with E-state index in [0.29, 0.717) is 24.8 Å². The van der Waals surface area contributed by atoms with Gasteiger partial charge in [-0.15, -0.1) is 31.8 Å². The Bertz CT molecular complexity index is 1540. The van der Waals surface area contributed by atoms with E-state index in [1.165, 1.54) is 29.2 Å². The Kier molecular flexibility index (Phi) is 10.0. The Morgan fingerprint density at radius 3 is 2.22 bits per heavy atom. The van der Waals surface area contributed by atoms with Gasteiger partial charge in [0, 0.05) is 31.7 Å². The molecule has 0 unspecified atom stereocenters. The third-order valence-electron chi connectivity index (χ3n) is 6.37. The van der Waals surface area contributed by atoms with Crippen LogP contribution in [0.25, 0.3) is 0 Å². The summed E-state index contributed by atoms with van der Waals surface area (Å²) in [4.78, 5) is 6.82. The maximum absolute atomic E-state index is 8.82. The highest BCUT2D eigenvalue weighted by Gasteiger charge is 2.14. The van der Waals surface area contributed by atoms with Gasteiger partial charge in [0.05, 0.1) is 40.1 Å². The van der Waals surface area contributed by atoms with Crippen molar-refractivity contribution in [1.29, 1.82) is 0 Å². The Balaban J connectivity index is 1.17. The predicted molar refractivity (Wildman–Crippen MR) is 164 cm³/mol. The number of hydrogen-bond acceptors (Lipinski definition) is 12. The van der Waals surface area contributed by atoms with Crippen molar-refractivity contribution in [3.05, 3.63) is 70.7 Å². The topological polar surface area (TPSA) is 120 Å². The van der Waals surface area contributed by atoms with Crippen LogP contribution in [-0.4, -0.2) is 36.4 Å². The molecule has 212 valence electrons. The summed E-state index contributed by atoms with van der Waals surface area (Å²) in [6.07, 6.45) is 3.13. The molecule has 1 fully saturated rings. The first-order valence-corrected chi connectivity index (χ1v) is 15.2. The number of thiazole rings is 1. The fourth-order valence-electron chi connectivity index (χ4n) is 4.17. The van der Waals surface area contributed by atoms with Gasteiger partial charge in [-0.2, -0.15) is 10.2 Å². The number of nitrogens with zero attached hydrogens (tertiary/aromatic N) is 8. The quantitative estimate of drug-likeness (QED) is 0.131. The van der Waals surface area contributed by atoms with Crippen molar-refractivity contribution in [2.45, 2.75) is 39.7 Å². The largest absolute Gasteiger partial charge is 0.396 e. The first-order valence-electron chi connectivity index (χ1n) is 13.5. The first kappa shape index (κ1) is 28.8. The third-order valence-corrected chi connectivity index (χ3v) is 8.18. The fraction of sp³-hybridized carbons (Fsp3) is 0.345. The molecular weight excluding hydrogens is 557 g/mol. The molecule has 0 amide bonds. The first-order chi connectivity index (χ1) is 20.1. The van der Waals surface area contributed by atoms with Gasteiger partial charge in [-0.1, -0.05) is 11.3 Å². The molecule has 2 aromatic heterocycles. The molecular formula is C29H32N8O2S2. The number of aliphatic hydroxyl groups is 1. The van der Waals surface area contributed by atoms with E-state index in [-0.39, 0.29) is 6.61 Å². The van der Waals surface area contributed by atoms with E-state index in [0.717, 1.165) is 57.7 Å². The standard InChI is InChI=1S/C29H32N8O2S2/c1-20-17-23(32-35-27-10-11-28(41-27)37-12-3-4-13-37)7-8-25(20)33-31-22-6-9-26(21(2)16-22)34-36-29-30-24(19-40-29)18-39-15-5-14-38/h6-11,16-17,19,38H,3-5,12-15,18H2,1-2H3/b33-31+,35-32+,36-34+. The molecule has 1 N–H and O–H groups in total. The number of aryl methyl sites for hydroxylation is 2. The van der Waals surface area contributed by atoms with Crippen LogP contribution >= 0.6 is 22.7 Å². The van der Waals surface area contributed by atoms with Crippen LogP contribution in [0.1, 0.15) is 36.1 Å². The number of thiophene rings is 1. The van der Waals surface area contributed by atoms with Crippen LogP contribution in [0.2, 0.25) is 0 Å². The Morgan fingerprint density at radius 1 is 0.854 bits per heavy atom. The van der Waals surface area contributed by atoms with E-state index in [9.17, 15) is 0 Å². The van der Waals surface area contributed by atoms with Crippen LogP contribution in [0.4, 0.5) is 37.9 Å². The monoisotopic (exact) mass is 588 g/mol. The number of ether oxygens (including phenoxy) is 1. The van der Waals surface area contributed by atoms with Crippen LogP contribution < -0.4 is 4.90 Å². The molecule has 3 heterocycles.